The van der Waals surface area contributed by atoms with Gasteiger partial charge in [-0.25, -0.2) is 0 Å². The van der Waals surface area contributed by atoms with E-state index < -0.39 is 0 Å². The number of halogens is 1. The van der Waals surface area contributed by atoms with E-state index in [1.807, 2.05) is 0 Å². The number of carbonyl (C=O) groups excluding carboxylic acids is 1. The molecule has 0 saturated carbocycles. The van der Waals surface area contributed by atoms with Crippen molar-refractivity contribution in [3.05, 3.63) is 0 Å². The highest BCUT2D eigenvalue weighted by Gasteiger charge is 2.26. The highest BCUT2D eigenvalue weighted by atomic mass is 127. The molecular formula is C23H48IN5O. The van der Waals surface area contributed by atoms with Gasteiger partial charge in [-0.1, -0.05) is 13.8 Å². The van der Waals surface area contributed by atoms with Crippen LogP contribution < -0.4 is 10.6 Å². The number of nitrogens with zero attached hydrogens (tertiary/aromatic N) is 3. The van der Waals surface area contributed by atoms with E-state index in [0.717, 1.165) is 70.8 Å². The lowest BCUT2D eigenvalue weighted by Gasteiger charge is -2.35. The predicted molar refractivity (Wildman–Crippen MR) is 140 cm³/mol. The Kier molecular flexibility index (Phi) is 15.8. The molecular weight excluding hydrogens is 489 g/mol. The Morgan fingerprint density at radius 1 is 1.07 bits per heavy atom. The van der Waals surface area contributed by atoms with Gasteiger partial charge in [0.05, 0.1) is 0 Å². The maximum absolute atomic E-state index is 12.6. The third-order valence-electron chi connectivity index (χ3n) is 6.00. The topological polar surface area (TPSA) is 60.0 Å². The van der Waals surface area contributed by atoms with Crippen LogP contribution in [0.15, 0.2) is 4.99 Å². The van der Waals surface area contributed by atoms with Crippen molar-refractivity contribution in [3.63, 3.8) is 0 Å². The van der Waals surface area contributed by atoms with E-state index in [1.54, 1.807) is 0 Å². The molecule has 1 amide bonds. The molecule has 0 unspecified atom stereocenters. The minimum absolute atomic E-state index is 0. The molecule has 0 spiro atoms. The number of nitrogens with one attached hydrogen (secondary N) is 2. The van der Waals surface area contributed by atoms with Crippen molar-refractivity contribution in [1.29, 1.82) is 0 Å². The van der Waals surface area contributed by atoms with Gasteiger partial charge in [0.2, 0.25) is 5.91 Å². The SMILES string of the molecule is CCNC(=NCCCN(C(C)C)C(C)C)NC1CCN(C(=O)C(CC)CC)CC1.I. The third kappa shape index (κ3) is 10.2. The average molecular weight is 538 g/mol. The van der Waals surface area contributed by atoms with Crippen LogP contribution in [-0.4, -0.2) is 72.5 Å². The molecule has 178 valence electrons. The van der Waals surface area contributed by atoms with Crippen LogP contribution in [-0.2, 0) is 4.79 Å². The lowest BCUT2D eigenvalue weighted by Crippen LogP contribution is -2.50. The molecule has 30 heavy (non-hydrogen) atoms. The Balaban J connectivity index is 0.00000841. The van der Waals surface area contributed by atoms with Crippen molar-refractivity contribution < 1.29 is 4.79 Å². The van der Waals surface area contributed by atoms with Crippen LogP contribution in [0.1, 0.15) is 80.6 Å². The zero-order valence-electron chi connectivity index (χ0n) is 20.5. The molecule has 1 aliphatic heterocycles. The molecule has 0 aromatic heterocycles. The van der Waals surface area contributed by atoms with Gasteiger partial charge in [-0.3, -0.25) is 14.7 Å². The summed E-state index contributed by atoms with van der Waals surface area (Å²) in [5.41, 5.74) is 0. The summed E-state index contributed by atoms with van der Waals surface area (Å²) in [5, 5.41) is 6.97. The summed E-state index contributed by atoms with van der Waals surface area (Å²) in [6.07, 6.45) is 4.93. The van der Waals surface area contributed by atoms with Gasteiger partial charge in [-0.2, -0.15) is 0 Å². The molecule has 0 aromatic rings. The summed E-state index contributed by atoms with van der Waals surface area (Å²) in [5.74, 6) is 1.45. The standard InChI is InChI=1S/C23H47N5O.HI/c1-8-20(9-2)22(29)27-16-12-21(13-17-27)26-23(24-10-3)25-14-11-15-28(18(4)5)19(6)7;/h18-21H,8-17H2,1-7H3,(H2,24,25,26);1H. The molecule has 0 atom stereocenters. The molecule has 6 nitrogen and oxygen atoms in total. The van der Waals surface area contributed by atoms with Gasteiger partial charge >= 0.3 is 0 Å². The van der Waals surface area contributed by atoms with Crippen molar-refractivity contribution in [1.82, 2.24) is 20.4 Å². The Hall–Kier alpha value is -0.570. The number of carbonyl (C=O) groups is 1. The first kappa shape index (κ1) is 29.4. The number of piperidine rings is 1. The third-order valence-corrected chi connectivity index (χ3v) is 6.00. The second-order valence-corrected chi connectivity index (χ2v) is 8.80. The summed E-state index contributed by atoms with van der Waals surface area (Å²) < 4.78 is 0. The Morgan fingerprint density at radius 2 is 1.63 bits per heavy atom. The number of rotatable bonds is 11. The van der Waals surface area contributed by atoms with Crippen molar-refractivity contribution in [2.24, 2.45) is 10.9 Å². The summed E-state index contributed by atoms with van der Waals surface area (Å²) in [6.45, 7) is 19.8. The van der Waals surface area contributed by atoms with Crippen molar-refractivity contribution in [2.75, 3.05) is 32.7 Å². The van der Waals surface area contributed by atoms with E-state index in [-0.39, 0.29) is 29.9 Å². The van der Waals surface area contributed by atoms with Crippen LogP contribution in [0.25, 0.3) is 0 Å². The first-order chi connectivity index (χ1) is 13.8. The lowest BCUT2D eigenvalue weighted by molar-refractivity contribution is -0.136. The molecule has 0 radical (unpaired) electrons. The van der Waals surface area contributed by atoms with Crippen molar-refractivity contribution in [3.8, 4) is 0 Å². The predicted octanol–water partition coefficient (Wildman–Crippen LogP) is 4.10. The van der Waals surface area contributed by atoms with Crippen molar-refractivity contribution in [2.45, 2.75) is 98.7 Å². The molecule has 7 heteroatoms. The van der Waals surface area contributed by atoms with Gasteiger partial charge in [0.1, 0.15) is 0 Å². The van der Waals surface area contributed by atoms with Gasteiger partial charge < -0.3 is 15.5 Å². The molecule has 1 heterocycles. The maximum Gasteiger partial charge on any atom is 0.225 e. The fourth-order valence-electron chi connectivity index (χ4n) is 4.21. The van der Waals surface area contributed by atoms with Crippen LogP contribution >= 0.6 is 24.0 Å². The quantitative estimate of drug-likeness (QED) is 0.180. The number of hydrogen-bond donors (Lipinski definition) is 2. The minimum atomic E-state index is 0. The van der Waals surface area contributed by atoms with Gasteiger partial charge in [0, 0.05) is 56.8 Å². The van der Waals surface area contributed by atoms with Crippen LogP contribution in [0.3, 0.4) is 0 Å². The van der Waals surface area contributed by atoms with E-state index in [0.29, 0.717) is 24.0 Å². The van der Waals surface area contributed by atoms with E-state index in [9.17, 15) is 4.79 Å². The van der Waals surface area contributed by atoms with Crippen LogP contribution in [0, 0.1) is 5.92 Å². The highest BCUT2D eigenvalue weighted by molar-refractivity contribution is 14.0. The monoisotopic (exact) mass is 537 g/mol. The molecule has 0 aliphatic carbocycles. The van der Waals surface area contributed by atoms with Gasteiger partial charge in [0.25, 0.3) is 0 Å². The fraction of sp³-hybridized carbons (Fsp3) is 0.913. The molecule has 2 N–H and O–H groups in total. The van der Waals surface area contributed by atoms with Crippen molar-refractivity contribution >= 4 is 35.8 Å². The zero-order chi connectivity index (χ0) is 21.8. The number of hydrogen-bond acceptors (Lipinski definition) is 3. The zero-order valence-corrected chi connectivity index (χ0v) is 22.9. The normalized spacial score (nSPS) is 15.8. The summed E-state index contributed by atoms with van der Waals surface area (Å²) in [6, 6.07) is 1.53. The second kappa shape index (κ2) is 16.1. The van der Waals surface area contributed by atoms with Gasteiger partial charge in [-0.05, 0) is 66.7 Å². The van der Waals surface area contributed by atoms with E-state index >= 15 is 0 Å². The lowest BCUT2D eigenvalue weighted by atomic mass is 9.98. The molecule has 1 saturated heterocycles. The average Bonchev–Trinajstić information content (AvgIpc) is 2.68. The fourth-order valence-corrected chi connectivity index (χ4v) is 4.21. The number of likely N-dealkylation sites (tertiary alicyclic amines) is 1. The summed E-state index contributed by atoms with van der Waals surface area (Å²) in [4.78, 5) is 22.0. The maximum atomic E-state index is 12.6. The second-order valence-electron chi connectivity index (χ2n) is 8.80. The molecule has 1 aliphatic rings. The Bertz CT molecular complexity index is 478. The smallest absolute Gasteiger partial charge is 0.225 e. The van der Waals surface area contributed by atoms with Gasteiger partial charge in [0.15, 0.2) is 5.96 Å². The Labute approximate surface area is 203 Å². The van der Waals surface area contributed by atoms with Gasteiger partial charge in [-0.15, -0.1) is 24.0 Å². The Morgan fingerprint density at radius 3 is 2.10 bits per heavy atom. The number of aliphatic imine (C=N–C) groups is 1. The molecule has 1 rings (SSSR count). The summed E-state index contributed by atoms with van der Waals surface area (Å²) in [7, 11) is 0. The number of amides is 1. The minimum Gasteiger partial charge on any atom is -0.357 e. The highest BCUT2D eigenvalue weighted by Crippen LogP contribution is 2.17. The summed E-state index contributed by atoms with van der Waals surface area (Å²) >= 11 is 0. The van der Waals surface area contributed by atoms with E-state index in [1.165, 1.54) is 0 Å². The molecule has 0 aromatic carbocycles. The molecule has 1 fully saturated rings. The van der Waals surface area contributed by atoms with E-state index in [2.05, 4.69) is 68.9 Å². The molecule has 0 bridgehead atoms. The van der Waals surface area contributed by atoms with Crippen LogP contribution in [0.5, 0.6) is 0 Å². The first-order valence-electron chi connectivity index (χ1n) is 11.9. The number of guanidine groups is 1. The van der Waals surface area contributed by atoms with E-state index in [4.69, 9.17) is 4.99 Å². The first-order valence-corrected chi connectivity index (χ1v) is 11.9. The largest absolute Gasteiger partial charge is 0.357 e. The van der Waals surface area contributed by atoms with Crippen LogP contribution in [0.2, 0.25) is 0 Å². The van der Waals surface area contributed by atoms with Crippen LogP contribution in [0.4, 0.5) is 0 Å².